The van der Waals surface area contributed by atoms with Crippen molar-refractivity contribution >= 4 is 22.5 Å². The number of aromatic amines is 1. The highest BCUT2D eigenvalue weighted by atomic mass is 35.5. The predicted octanol–water partition coefficient (Wildman–Crippen LogP) is 3.91. The van der Waals surface area contributed by atoms with E-state index in [1.54, 1.807) is 12.1 Å². The molecule has 6 rings (SSSR count). The van der Waals surface area contributed by atoms with Crippen molar-refractivity contribution in [3.05, 3.63) is 96.6 Å². The number of H-pyrrole nitrogens is 1. The van der Waals surface area contributed by atoms with Crippen LogP contribution in [0.4, 0.5) is 0 Å². The lowest BCUT2D eigenvalue weighted by molar-refractivity contribution is 0.240. The van der Waals surface area contributed by atoms with Crippen LogP contribution in [0, 0.1) is 0 Å². The maximum absolute atomic E-state index is 13.3. The highest BCUT2D eigenvalue weighted by Crippen LogP contribution is 2.25. The second kappa shape index (κ2) is 7.97. The van der Waals surface area contributed by atoms with Crippen LogP contribution in [0.3, 0.4) is 0 Å². The number of fused-ring (bicyclic) bond motifs is 1. The summed E-state index contributed by atoms with van der Waals surface area (Å²) >= 11 is 5.98. The minimum Gasteiger partial charge on any atom is -0.308 e. The van der Waals surface area contributed by atoms with Gasteiger partial charge in [0.25, 0.3) is 11.1 Å². The van der Waals surface area contributed by atoms with Crippen molar-refractivity contribution in [1.29, 1.82) is 0 Å². The second-order valence-electron chi connectivity index (χ2n) is 8.89. The quantitative estimate of drug-likeness (QED) is 0.505. The molecule has 0 bridgehead atoms. The number of benzene rings is 2. The van der Waals surface area contributed by atoms with Crippen LogP contribution in [0.15, 0.2) is 58.1 Å². The van der Waals surface area contributed by atoms with E-state index >= 15 is 0 Å². The topological polar surface area (TPSA) is 71.0 Å². The maximum atomic E-state index is 13.3. The molecule has 0 fully saturated rings. The lowest BCUT2D eigenvalue weighted by atomic mass is 9.99. The van der Waals surface area contributed by atoms with Crippen molar-refractivity contribution in [1.82, 2.24) is 19.4 Å². The minimum atomic E-state index is -0.121. The maximum Gasteiger partial charge on any atom is 0.255 e. The van der Waals surface area contributed by atoms with E-state index in [-0.39, 0.29) is 11.1 Å². The molecule has 2 aromatic heterocycles. The summed E-state index contributed by atoms with van der Waals surface area (Å²) in [6.45, 7) is 2.52. The van der Waals surface area contributed by atoms with Crippen LogP contribution in [-0.2, 0) is 32.5 Å². The Morgan fingerprint density at radius 3 is 2.73 bits per heavy atom. The Hall–Kier alpha value is -3.22. The van der Waals surface area contributed by atoms with Gasteiger partial charge in [-0.15, -0.1) is 0 Å². The number of nitrogens with zero attached hydrogens (tertiary/aromatic N) is 3. The van der Waals surface area contributed by atoms with Gasteiger partial charge in [-0.2, -0.15) is 0 Å². The summed E-state index contributed by atoms with van der Waals surface area (Å²) in [5, 5.41) is 1.76. The van der Waals surface area contributed by atoms with Crippen LogP contribution in [-0.4, -0.2) is 26.0 Å². The largest absolute Gasteiger partial charge is 0.308 e. The van der Waals surface area contributed by atoms with Gasteiger partial charge in [0.15, 0.2) is 0 Å². The molecule has 0 amide bonds. The SMILES string of the molecule is O=c1[nH]c(-c2ccc(Cl)cc2)nc2c1CN(Cc1cc3cccc4c3n(c1=O)CCC4)CC2. The number of halogens is 1. The monoisotopic (exact) mass is 458 g/mol. The fraction of sp³-hybridized carbons (Fsp3) is 0.269. The zero-order valence-corrected chi connectivity index (χ0v) is 18.9. The van der Waals surface area contributed by atoms with Crippen LogP contribution in [0.1, 0.15) is 28.8 Å². The molecule has 0 saturated heterocycles. The predicted molar refractivity (Wildman–Crippen MR) is 130 cm³/mol. The van der Waals surface area contributed by atoms with Gasteiger partial charge in [-0.1, -0.05) is 29.8 Å². The summed E-state index contributed by atoms with van der Waals surface area (Å²) in [4.78, 5) is 36.0. The number of hydrogen-bond acceptors (Lipinski definition) is 4. The number of hydrogen-bond donors (Lipinski definition) is 1. The number of nitrogens with one attached hydrogen (secondary N) is 1. The number of rotatable bonds is 3. The summed E-state index contributed by atoms with van der Waals surface area (Å²) in [5.41, 5.74) is 5.43. The van der Waals surface area contributed by atoms with Gasteiger partial charge < -0.3 is 9.55 Å². The van der Waals surface area contributed by atoms with E-state index in [4.69, 9.17) is 16.6 Å². The second-order valence-corrected chi connectivity index (χ2v) is 9.33. The van der Waals surface area contributed by atoms with Gasteiger partial charge in [0.2, 0.25) is 0 Å². The van der Waals surface area contributed by atoms with Crippen molar-refractivity contribution in [3.8, 4) is 11.4 Å². The molecule has 0 aliphatic carbocycles. The molecular formula is C26H23ClN4O2. The number of para-hydroxylation sites is 1. The molecule has 7 heteroatoms. The third-order valence-corrected chi connectivity index (χ3v) is 7.01. The van der Waals surface area contributed by atoms with E-state index in [0.29, 0.717) is 35.9 Å². The summed E-state index contributed by atoms with van der Waals surface area (Å²) in [6, 6.07) is 15.6. The zero-order valence-electron chi connectivity index (χ0n) is 18.1. The summed E-state index contributed by atoms with van der Waals surface area (Å²) < 4.78 is 1.94. The third kappa shape index (κ3) is 3.59. The lowest BCUT2D eigenvalue weighted by Crippen LogP contribution is -2.37. The fourth-order valence-electron chi connectivity index (χ4n) is 5.14. The van der Waals surface area contributed by atoms with Crippen LogP contribution >= 0.6 is 11.6 Å². The van der Waals surface area contributed by atoms with E-state index in [2.05, 4.69) is 28.1 Å². The van der Waals surface area contributed by atoms with Gasteiger partial charge in [0.05, 0.1) is 16.8 Å². The van der Waals surface area contributed by atoms with Crippen molar-refractivity contribution in [2.24, 2.45) is 0 Å². The molecule has 2 aliphatic rings. The van der Waals surface area contributed by atoms with Crippen LogP contribution in [0.25, 0.3) is 22.3 Å². The van der Waals surface area contributed by atoms with Crippen molar-refractivity contribution < 1.29 is 0 Å². The molecule has 1 N–H and O–H groups in total. The van der Waals surface area contributed by atoms with E-state index < -0.39 is 0 Å². The van der Waals surface area contributed by atoms with Crippen LogP contribution < -0.4 is 11.1 Å². The standard InChI is InChI=1S/C26H23ClN4O2/c27-20-8-6-17(7-9-20)24-28-22-10-12-30(15-21(22)25(32)29-24)14-19-13-18-4-1-3-16-5-2-11-31(23(16)18)26(19)33/h1,3-4,6-9,13H,2,5,10-12,14-15H2,(H,28,29,32). The van der Waals surface area contributed by atoms with E-state index in [1.807, 2.05) is 22.8 Å². The lowest BCUT2D eigenvalue weighted by Gasteiger charge is -2.28. The molecule has 0 spiro atoms. The average Bonchev–Trinajstić information content (AvgIpc) is 2.83. The van der Waals surface area contributed by atoms with Crippen LogP contribution in [0.5, 0.6) is 0 Å². The molecular weight excluding hydrogens is 436 g/mol. The highest BCUT2D eigenvalue weighted by Gasteiger charge is 2.23. The smallest absolute Gasteiger partial charge is 0.255 e. The first-order valence-corrected chi connectivity index (χ1v) is 11.7. The van der Waals surface area contributed by atoms with Gasteiger partial charge in [0, 0.05) is 48.7 Å². The first-order chi connectivity index (χ1) is 16.1. The number of aromatic nitrogens is 3. The Labute approximate surface area is 195 Å². The van der Waals surface area contributed by atoms with E-state index in [0.717, 1.165) is 53.7 Å². The first-order valence-electron chi connectivity index (χ1n) is 11.3. The summed E-state index contributed by atoms with van der Waals surface area (Å²) in [5.74, 6) is 0.562. The minimum absolute atomic E-state index is 0.0885. The van der Waals surface area contributed by atoms with Crippen molar-refractivity contribution in [2.75, 3.05) is 6.54 Å². The normalized spacial score (nSPS) is 15.5. The van der Waals surface area contributed by atoms with Gasteiger partial charge in [-0.05, 0) is 54.1 Å². The first kappa shape index (κ1) is 20.4. The Bertz CT molecular complexity index is 1500. The molecule has 33 heavy (non-hydrogen) atoms. The molecule has 4 heterocycles. The molecule has 166 valence electrons. The molecule has 6 nitrogen and oxygen atoms in total. The zero-order chi connectivity index (χ0) is 22.5. The summed E-state index contributed by atoms with van der Waals surface area (Å²) in [6.07, 6.45) is 2.68. The Morgan fingerprint density at radius 2 is 1.88 bits per heavy atom. The summed E-state index contributed by atoms with van der Waals surface area (Å²) in [7, 11) is 0. The van der Waals surface area contributed by atoms with Crippen LogP contribution in [0.2, 0.25) is 5.02 Å². The molecule has 2 aliphatic heterocycles. The Kier molecular flexibility index (Phi) is 4.93. The van der Waals surface area contributed by atoms with Gasteiger partial charge >= 0.3 is 0 Å². The average molecular weight is 459 g/mol. The molecule has 0 atom stereocenters. The Morgan fingerprint density at radius 1 is 1.03 bits per heavy atom. The fourth-order valence-corrected chi connectivity index (χ4v) is 5.26. The molecule has 4 aromatic rings. The molecule has 2 aromatic carbocycles. The molecule has 0 saturated carbocycles. The number of pyridine rings is 1. The highest BCUT2D eigenvalue weighted by molar-refractivity contribution is 6.30. The van der Waals surface area contributed by atoms with E-state index in [1.165, 1.54) is 5.56 Å². The third-order valence-electron chi connectivity index (χ3n) is 6.76. The number of aryl methyl sites for hydroxylation is 2. The van der Waals surface area contributed by atoms with E-state index in [9.17, 15) is 9.59 Å². The Balaban J connectivity index is 1.31. The van der Waals surface area contributed by atoms with Crippen molar-refractivity contribution in [2.45, 2.75) is 38.9 Å². The van der Waals surface area contributed by atoms with Gasteiger partial charge in [-0.3, -0.25) is 14.5 Å². The van der Waals surface area contributed by atoms with Gasteiger partial charge in [-0.25, -0.2) is 4.98 Å². The molecule has 0 radical (unpaired) electrons. The van der Waals surface area contributed by atoms with Crippen molar-refractivity contribution in [3.63, 3.8) is 0 Å². The molecule has 0 unspecified atom stereocenters. The van der Waals surface area contributed by atoms with Gasteiger partial charge in [0.1, 0.15) is 5.82 Å².